The normalized spacial score (nSPS) is 31.8. The van der Waals surface area contributed by atoms with Crippen LogP contribution in [0.3, 0.4) is 0 Å². The molecule has 8 rings (SSSR count). The molecule has 320 valence electrons. The molecule has 8 atom stereocenters. The lowest BCUT2D eigenvalue weighted by Crippen LogP contribution is -2.81. The van der Waals surface area contributed by atoms with E-state index in [-0.39, 0.29) is 31.2 Å². The Hall–Kier alpha value is -5.21. The van der Waals surface area contributed by atoms with E-state index in [9.17, 15) is 24.3 Å². The summed E-state index contributed by atoms with van der Waals surface area (Å²) < 4.78 is 23.7. The number of methoxy groups -OCH3 is 3. The maximum atomic E-state index is 15.3. The van der Waals surface area contributed by atoms with Crippen LogP contribution in [0.2, 0.25) is 0 Å². The molecule has 14 nitrogen and oxygen atoms in total. The van der Waals surface area contributed by atoms with E-state index in [1.165, 1.54) is 28.3 Å². The van der Waals surface area contributed by atoms with Crippen molar-refractivity contribution in [2.24, 2.45) is 11.3 Å². The number of hydrogen-bond acceptors (Lipinski definition) is 12. The number of aromatic amines is 1. The lowest BCUT2D eigenvalue weighted by atomic mass is 9.47. The Morgan fingerprint density at radius 2 is 1.75 bits per heavy atom. The van der Waals surface area contributed by atoms with Gasteiger partial charge in [0.2, 0.25) is 12.0 Å². The minimum Gasteiger partial charge on any atom is -0.496 e. The largest absolute Gasteiger partial charge is 0.496 e. The molecule has 1 aromatic heterocycles. The van der Waals surface area contributed by atoms with Gasteiger partial charge in [0.25, 0.3) is 0 Å². The second-order valence-corrected chi connectivity index (χ2v) is 17.4. The van der Waals surface area contributed by atoms with Gasteiger partial charge in [-0.05, 0) is 61.4 Å². The maximum absolute atomic E-state index is 15.3. The Bertz CT molecular complexity index is 2290. The molecule has 1 aliphatic carbocycles. The minimum atomic E-state index is -2.35. The summed E-state index contributed by atoms with van der Waals surface area (Å²) in [4.78, 5) is 78.2. The number of Topliss-reactive ketones (excluding diaryl/α,β-unsaturated/α-hetero) is 1. The SMILES string of the molecule is CCC(=O)C[C@@H]1CN(C=O)CCc2c([nH]c3ccccc23)[C@@](C(=O)OC)(c2cc3c(cc2OC)N(C)[C@H]2[C@@](O)(C(=O)OC)[C@H](OC(C)=O)[C@]4(CC)C=CCN5CC[C@]32[C@@H]54)C1. The molecular weight excluding hydrogens is 769 g/mol. The summed E-state index contributed by atoms with van der Waals surface area (Å²) in [6.07, 6.45) is 5.41. The Morgan fingerprint density at radius 3 is 2.42 bits per heavy atom. The van der Waals surface area contributed by atoms with Crippen LogP contribution >= 0.6 is 0 Å². The fraction of sp³-hybridized carbons (Fsp3) is 0.543. The second-order valence-electron chi connectivity index (χ2n) is 17.4. The molecule has 0 unspecified atom stereocenters. The van der Waals surface area contributed by atoms with E-state index >= 15 is 4.79 Å². The number of likely N-dealkylation sites (N-methyl/N-ethyl adjacent to an activating group) is 1. The van der Waals surface area contributed by atoms with E-state index in [0.717, 1.165) is 28.4 Å². The molecule has 0 radical (unpaired) electrons. The Balaban J connectivity index is 1.48. The van der Waals surface area contributed by atoms with Crippen LogP contribution in [0.4, 0.5) is 5.69 Å². The molecule has 5 heterocycles. The molecule has 60 heavy (non-hydrogen) atoms. The van der Waals surface area contributed by atoms with Crippen LogP contribution in [0.1, 0.15) is 75.3 Å². The first kappa shape index (κ1) is 41.5. The van der Waals surface area contributed by atoms with Crippen molar-refractivity contribution in [2.45, 2.75) is 93.9 Å². The number of ketones is 1. The van der Waals surface area contributed by atoms with Gasteiger partial charge in [0.1, 0.15) is 16.9 Å². The first-order valence-electron chi connectivity index (χ1n) is 21.0. The average Bonchev–Trinajstić information content (AvgIpc) is 3.92. The standard InChI is InChI=1S/C46H56N4O10/c1-8-29(53)21-28-24-45(41(54)58-6,37-31(15-19-49(25-28)26-51)30-13-10-11-14-34(30)47-37)33-22-32-35(23-36(33)57-5)48(4)39-44(32)17-20-50-18-12-16-43(9-2,38(44)50)40(60-27(3)52)46(39,56)42(55)59-7/h10-14,16,22-23,26,28,38-40,47,56H,8-9,15,17-21,24-25H2,1-7H3/t28-,38-,39+,40+,43+,44+,45-,46-/m0/s1. The lowest BCUT2D eigenvalue weighted by molar-refractivity contribution is -0.228. The van der Waals surface area contributed by atoms with Gasteiger partial charge in [-0.15, -0.1) is 0 Å². The number of aromatic nitrogens is 1. The fourth-order valence-electron chi connectivity index (χ4n) is 12.6. The van der Waals surface area contributed by atoms with Gasteiger partial charge in [-0.3, -0.25) is 24.1 Å². The third kappa shape index (κ3) is 5.55. The number of rotatable bonds is 10. The van der Waals surface area contributed by atoms with Crippen molar-refractivity contribution >= 4 is 46.7 Å². The predicted molar refractivity (Wildman–Crippen MR) is 222 cm³/mol. The number of H-pyrrole nitrogens is 1. The number of hydrogen-bond donors (Lipinski definition) is 2. The van der Waals surface area contributed by atoms with Crippen molar-refractivity contribution < 1.29 is 48.0 Å². The van der Waals surface area contributed by atoms with Crippen LogP contribution in [0.25, 0.3) is 10.9 Å². The molecule has 1 spiro atoms. The number of fused-ring (bicyclic) bond motifs is 4. The van der Waals surface area contributed by atoms with Crippen molar-refractivity contribution in [1.29, 1.82) is 0 Å². The number of ether oxygens (including phenoxy) is 4. The summed E-state index contributed by atoms with van der Waals surface area (Å²) >= 11 is 0. The molecule has 1 saturated carbocycles. The van der Waals surface area contributed by atoms with Gasteiger partial charge in [0.05, 0.1) is 27.4 Å². The van der Waals surface area contributed by atoms with Crippen LogP contribution in [-0.2, 0) is 55.4 Å². The minimum absolute atomic E-state index is 0.00365. The van der Waals surface area contributed by atoms with Crippen molar-refractivity contribution in [1.82, 2.24) is 14.8 Å². The second kappa shape index (κ2) is 15.1. The molecule has 1 saturated heterocycles. The molecule has 2 N–H and O–H groups in total. The van der Waals surface area contributed by atoms with Crippen LogP contribution in [0.15, 0.2) is 48.6 Å². The summed E-state index contributed by atoms with van der Waals surface area (Å²) in [5, 5.41) is 14.2. The highest BCUT2D eigenvalue weighted by atomic mass is 16.6. The number of aliphatic hydroxyl groups is 1. The molecule has 2 fully saturated rings. The van der Waals surface area contributed by atoms with Crippen LogP contribution in [0.5, 0.6) is 5.75 Å². The number of carbonyl (C=O) groups is 5. The summed E-state index contributed by atoms with van der Waals surface area (Å²) in [6.45, 7) is 6.90. The van der Waals surface area contributed by atoms with E-state index in [1.807, 2.05) is 67.4 Å². The molecule has 3 aromatic rings. The summed E-state index contributed by atoms with van der Waals surface area (Å²) in [5.41, 5.74) is -1.75. The van der Waals surface area contributed by atoms with Gasteiger partial charge in [0, 0.05) is 97.2 Å². The highest BCUT2D eigenvalue weighted by Gasteiger charge is 2.80. The van der Waals surface area contributed by atoms with Crippen molar-refractivity contribution in [2.75, 3.05) is 59.5 Å². The van der Waals surface area contributed by atoms with Gasteiger partial charge in [-0.1, -0.05) is 44.2 Å². The third-order valence-electron chi connectivity index (χ3n) is 14.8. The first-order valence-corrected chi connectivity index (χ1v) is 21.0. The summed E-state index contributed by atoms with van der Waals surface area (Å²) in [6, 6.07) is 10.3. The summed E-state index contributed by atoms with van der Waals surface area (Å²) in [7, 11) is 5.94. The van der Waals surface area contributed by atoms with Crippen molar-refractivity contribution in [3.05, 3.63) is 70.9 Å². The van der Waals surface area contributed by atoms with Crippen LogP contribution in [0, 0.1) is 11.3 Å². The average molecular weight is 825 g/mol. The number of carbonyl (C=O) groups excluding carboxylic acids is 5. The monoisotopic (exact) mass is 824 g/mol. The van der Waals surface area contributed by atoms with E-state index in [1.54, 1.807) is 11.8 Å². The quantitative estimate of drug-likeness (QED) is 0.131. The van der Waals surface area contributed by atoms with Gasteiger partial charge in [-0.2, -0.15) is 0 Å². The van der Waals surface area contributed by atoms with Gasteiger partial charge >= 0.3 is 17.9 Å². The van der Waals surface area contributed by atoms with Crippen LogP contribution in [-0.4, -0.2) is 128 Å². The smallest absolute Gasteiger partial charge is 0.344 e. The Kier molecular flexibility index (Phi) is 10.4. The molecule has 0 bridgehead atoms. The number of benzene rings is 2. The Labute approximate surface area is 350 Å². The van der Waals surface area contributed by atoms with Crippen molar-refractivity contribution in [3.63, 3.8) is 0 Å². The van der Waals surface area contributed by atoms with E-state index < -0.39 is 57.8 Å². The number of esters is 3. The molecule has 5 aliphatic rings. The zero-order chi connectivity index (χ0) is 42.9. The number of nitrogens with one attached hydrogen (secondary N) is 1. The molecule has 2 aromatic carbocycles. The molecule has 1 amide bonds. The van der Waals surface area contributed by atoms with Crippen molar-refractivity contribution in [3.8, 4) is 5.75 Å². The fourth-order valence-corrected chi connectivity index (χ4v) is 12.6. The lowest BCUT2D eigenvalue weighted by Gasteiger charge is -2.63. The highest BCUT2D eigenvalue weighted by Crippen LogP contribution is 2.68. The van der Waals surface area contributed by atoms with E-state index in [2.05, 4.69) is 9.88 Å². The first-order chi connectivity index (χ1) is 28.8. The zero-order valence-corrected chi connectivity index (χ0v) is 35.5. The van der Waals surface area contributed by atoms with Gasteiger partial charge < -0.3 is 38.8 Å². The number of amides is 1. The third-order valence-corrected chi connectivity index (χ3v) is 14.8. The molecule has 14 heteroatoms. The Morgan fingerprint density at radius 1 is 1.00 bits per heavy atom. The van der Waals surface area contributed by atoms with E-state index in [4.69, 9.17) is 18.9 Å². The zero-order valence-electron chi connectivity index (χ0n) is 35.5. The van der Waals surface area contributed by atoms with E-state index in [0.29, 0.717) is 68.0 Å². The van der Waals surface area contributed by atoms with Gasteiger partial charge in [-0.25, -0.2) is 4.79 Å². The molecular formula is C46H56N4O10. The molecule has 4 aliphatic heterocycles. The maximum Gasteiger partial charge on any atom is 0.344 e. The summed E-state index contributed by atoms with van der Waals surface area (Å²) in [5.74, 6) is -2.22. The topological polar surface area (TPSA) is 168 Å². The highest BCUT2D eigenvalue weighted by molar-refractivity contribution is 5.95. The number of anilines is 1. The number of nitrogens with zero attached hydrogens (tertiary/aromatic N) is 3. The predicted octanol–water partition coefficient (Wildman–Crippen LogP) is 3.97. The van der Waals surface area contributed by atoms with Crippen LogP contribution < -0.4 is 9.64 Å². The van der Waals surface area contributed by atoms with Gasteiger partial charge in [0.15, 0.2) is 6.10 Å². The number of para-hydroxylation sites is 1.